The van der Waals surface area contributed by atoms with Crippen molar-refractivity contribution < 1.29 is 19.4 Å². The second-order valence-corrected chi connectivity index (χ2v) is 3.41. The first-order chi connectivity index (χ1) is 9.27. The minimum atomic E-state index is -0.639. The quantitative estimate of drug-likeness (QED) is 0.663. The third kappa shape index (κ3) is 4.37. The summed E-state index contributed by atoms with van der Waals surface area (Å²) < 4.78 is 4.74. The topological polar surface area (TPSA) is 63.6 Å². The third-order valence-corrected chi connectivity index (χ3v) is 2.20. The average molecular weight is 258 g/mol. The molecule has 0 spiro atoms. The molecule has 0 bridgehead atoms. The molecule has 2 aromatic carbocycles. The van der Waals surface area contributed by atoms with Gasteiger partial charge in [0.15, 0.2) is 0 Å². The summed E-state index contributed by atoms with van der Waals surface area (Å²) in [7, 11) is 1.00. The molecular weight excluding hydrogens is 244 g/mol. The number of esters is 2. The van der Waals surface area contributed by atoms with Crippen LogP contribution in [0.4, 0.5) is 0 Å². The van der Waals surface area contributed by atoms with Crippen LogP contribution in [0.15, 0.2) is 60.7 Å². The largest absolute Gasteiger partial charge is 0.400 e. The van der Waals surface area contributed by atoms with E-state index in [9.17, 15) is 9.59 Å². The monoisotopic (exact) mass is 258 g/mol. The molecule has 0 atom stereocenters. The van der Waals surface area contributed by atoms with Crippen molar-refractivity contribution in [2.45, 2.75) is 0 Å². The Morgan fingerprint density at radius 3 is 1.37 bits per heavy atom. The number of hydrogen-bond acceptors (Lipinski definition) is 4. The van der Waals surface area contributed by atoms with Crippen molar-refractivity contribution in [2.75, 3.05) is 7.11 Å². The van der Waals surface area contributed by atoms with Gasteiger partial charge in [-0.05, 0) is 24.3 Å². The lowest BCUT2D eigenvalue weighted by Crippen LogP contribution is -2.12. The zero-order chi connectivity index (χ0) is 14.1. The van der Waals surface area contributed by atoms with Gasteiger partial charge < -0.3 is 9.84 Å². The molecule has 4 nitrogen and oxygen atoms in total. The van der Waals surface area contributed by atoms with E-state index in [-0.39, 0.29) is 0 Å². The Bertz CT molecular complexity index is 471. The van der Waals surface area contributed by atoms with Gasteiger partial charge in [0.2, 0.25) is 0 Å². The first-order valence-electron chi connectivity index (χ1n) is 5.59. The van der Waals surface area contributed by atoms with Crippen molar-refractivity contribution in [3.63, 3.8) is 0 Å². The van der Waals surface area contributed by atoms with Gasteiger partial charge in [-0.1, -0.05) is 36.4 Å². The number of aliphatic hydroxyl groups is 1. The minimum Gasteiger partial charge on any atom is -0.400 e. The Morgan fingerprint density at radius 1 is 0.737 bits per heavy atom. The molecule has 0 radical (unpaired) electrons. The summed E-state index contributed by atoms with van der Waals surface area (Å²) in [5, 5.41) is 7.00. The van der Waals surface area contributed by atoms with Crippen LogP contribution < -0.4 is 0 Å². The van der Waals surface area contributed by atoms with Gasteiger partial charge in [-0.2, -0.15) is 0 Å². The van der Waals surface area contributed by atoms with Crippen LogP contribution in [-0.2, 0) is 4.74 Å². The van der Waals surface area contributed by atoms with Crippen molar-refractivity contribution in [3.8, 4) is 0 Å². The van der Waals surface area contributed by atoms with Crippen molar-refractivity contribution in [2.24, 2.45) is 0 Å². The summed E-state index contributed by atoms with van der Waals surface area (Å²) in [4.78, 5) is 23.2. The summed E-state index contributed by atoms with van der Waals surface area (Å²) in [6.45, 7) is 0. The Morgan fingerprint density at radius 2 is 1.05 bits per heavy atom. The molecule has 0 saturated carbocycles. The van der Waals surface area contributed by atoms with Gasteiger partial charge in [-0.15, -0.1) is 0 Å². The number of rotatable bonds is 2. The van der Waals surface area contributed by atoms with Crippen molar-refractivity contribution >= 4 is 11.9 Å². The van der Waals surface area contributed by atoms with Gasteiger partial charge in [-0.3, -0.25) is 0 Å². The Labute approximate surface area is 111 Å². The average Bonchev–Trinajstić information content (AvgIpc) is 2.51. The van der Waals surface area contributed by atoms with Gasteiger partial charge in [0.1, 0.15) is 0 Å². The van der Waals surface area contributed by atoms with Gasteiger partial charge in [0.05, 0.1) is 11.1 Å². The van der Waals surface area contributed by atoms with Crippen LogP contribution in [0.2, 0.25) is 0 Å². The molecule has 2 rings (SSSR count). The first-order valence-corrected chi connectivity index (χ1v) is 5.59. The van der Waals surface area contributed by atoms with E-state index in [2.05, 4.69) is 0 Å². The van der Waals surface area contributed by atoms with E-state index < -0.39 is 11.9 Å². The van der Waals surface area contributed by atoms with E-state index in [0.29, 0.717) is 11.1 Å². The molecule has 0 saturated heterocycles. The highest BCUT2D eigenvalue weighted by Crippen LogP contribution is 2.05. The maximum Gasteiger partial charge on any atom is 0.346 e. The fraction of sp³-hybridized carbons (Fsp3) is 0.0667. The molecular formula is C15H14O4. The number of benzene rings is 2. The molecule has 0 fully saturated rings. The molecule has 0 aliphatic rings. The minimum absolute atomic E-state index is 0.358. The summed E-state index contributed by atoms with van der Waals surface area (Å²) >= 11 is 0. The van der Waals surface area contributed by atoms with E-state index in [1.807, 2.05) is 0 Å². The van der Waals surface area contributed by atoms with Gasteiger partial charge in [0.25, 0.3) is 0 Å². The fourth-order valence-electron chi connectivity index (χ4n) is 1.35. The molecule has 0 aliphatic carbocycles. The summed E-state index contributed by atoms with van der Waals surface area (Å²) in [6.07, 6.45) is 0. The Hall–Kier alpha value is -2.46. The van der Waals surface area contributed by atoms with Crippen molar-refractivity contribution in [1.29, 1.82) is 0 Å². The highest BCUT2D eigenvalue weighted by molar-refractivity contribution is 6.02. The molecule has 0 unspecified atom stereocenters. The zero-order valence-electron chi connectivity index (χ0n) is 10.4. The van der Waals surface area contributed by atoms with E-state index in [4.69, 9.17) is 9.84 Å². The lowest BCUT2D eigenvalue weighted by atomic mass is 10.2. The lowest BCUT2D eigenvalue weighted by molar-refractivity contribution is 0.0398. The second-order valence-electron chi connectivity index (χ2n) is 3.41. The van der Waals surface area contributed by atoms with Gasteiger partial charge in [-0.25, -0.2) is 9.59 Å². The fourth-order valence-corrected chi connectivity index (χ4v) is 1.35. The number of carbonyl (C=O) groups excluding carboxylic acids is 2. The summed E-state index contributed by atoms with van der Waals surface area (Å²) in [5.41, 5.74) is 0.716. The van der Waals surface area contributed by atoms with Crippen LogP contribution in [0, 0.1) is 0 Å². The van der Waals surface area contributed by atoms with E-state index in [0.717, 1.165) is 7.11 Å². The van der Waals surface area contributed by atoms with Crippen LogP contribution in [0.5, 0.6) is 0 Å². The van der Waals surface area contributed by atoms with Crippen LogP contribution in [0.3, 0.4) is 0 Å². The van der Waals surface area contributed by atoms with Crippen LogP contribution in [-0.4, -0.2) is 24.2 Å². The second kappa shape index (κ2) is 7.79. The molecule has 2 aromatic rings. The van der Waals surface area contributed by atoms with Gasteiger partial charge >= 0.3 is 11.9 Å². The molecule has 0 heterocycles. The lowest BCUT2D eigenvalue weighted by Gasteiger charge is -2.02. The normalized spacial score (nSPS) is 8.95. The molecule has 98 valence electrons. The Kier molecular flexibility index (Phi) is 5.98. The molecule has 19 heavy (non-hydrogen) atoms. The predicted molar refractivity (Wildman–Crippen MR) is 70.8 cm³/mol. The molecule has 4 heteroatoms. The molecule has 0 aliphatic heterocycles. The van der Waals surface area contributed by atoms with E-state index in [1.165, 1.54) is 0 Å². The van der Waals surface area contributed by atoms with Gasteiger partial charge in [0, 0.05) is 7.11 Å². The summed E-state index contributed by atoms with van der Waals surface area (Å²) in [6, 6.07) is 16.8. The van der Waals surface area contributed by atoms with E-state index >= 15 is 0 Å². The number of carbonyl (C=O) groups is 2. The van der Waals surface area contributed by atoms with Crippen LogP contribution in [0.25, 0.3) is 0 Å². The maximum absolute atomic E-state index is 11.6. The predicted octanol–water partition coefficient (Wildman–Crippen LogP) is 2.29. The molecule has 0 aromatic heterocycles. The summed E-state index contributed by atoms with van der Waals surface area (Å²) in [5.74, 6) is -1.28. The van der Waals surface area contributed by atoms with Crippen molar-refractivity contribution in [1.82, 2.24) is 0 Å². The number of aliphatic hydroxyl groups excluding tert-OH is 1. The SMILES string of the molecule is CO.O=C(OC(=O)c1ccccc1)c1ccccc1. The van der Waals surface area contributed by atoms with Crippen LogP contribution >= 0.6 is 0 Å². The molecule has 1 N–H and O–H groups in total. The number of ether oxygens (including phenoxy) is 1. The van der Waals surface area contributed by atoms with Crippen LogP contribution in [0.1, 0.15) is 20.7 Å². The standard InChI is InChI=1S/C14H10O3.CH4O/c15-13(11-7-3-1-4-8-11)17-14(16)12-9-5-2-6-10-12;1-2/h1-10H;2H,1H3. The zero-order valence-corrected chi connectivity index (χ0v) is 10.4. The first kappa shape index (κ1) is 14.6. The molecule has 0 amide bonds. The number of hydrogen-bond donors (Lipinski definition) is 1. The van der Waals surface area contributed by atoms with Crippen molar-refractivity contribution in [3.05, 3.63) is 71.8 Å². The highest BCUT2D eigenvalue weighted by atomic mass is 16.6. The van der Waals surface area contributed by atoms with E-state index in [1.54, 1.807) is 60.7 Å². The Balaban J connectivity index is 0.000000861. The maximum atomic E-state index is 11.6. The third-order valence-electron chi connectivity index (χ3n) is 2.20. The smallest absolute Gasteiger partial charge is 0.346 e. The highest BCUT2D eigenvalue weighted by Gasteiger charge is 2.13.